The molecule has 1 aromatic carbocycles. The number of nitrogens with one attached hydrogen (secondary N) is 1. The summed E-state index contributed by atoms with van der Waals surface area (Å²) >= 11 is 0. The van der Waals surface area contributed by atoms with Crippen LogP contribution in [0, 0.1) is 0 Å². The topological polar surface area (TPSA) is 18.5 Å². The van der Waals surface area contributed by atoms with Gasteiger partial charge in [-0.2, -0.15) is 0 Å². The first-order valence-electron chi connectivity index (χ1n) is 7.76. The highest BCUT2D eigenvalue weighted by atomic mass is 15.2. The van der Waals surface area contributed by atoms with Crippen molar-refractivity contribution < 1.29 is 0 Å². The Morgan fingerprint density at radius 3 is 2.50 bits per heavy atom. The molecule has 0 bridgehead atoms. The van der Waals surface area contributed by atoms with Crippen molar-refractivity contribution in [1.29, 1.82) is 0 Å². The maximum absolute atomic E-state index is 3.42. The summed E-state index contributed by atoms with van der Waals surface area (Å²) < 4.78 is 0. The van der Waals surface area contributed by atoms with Crippen LogP contribution in [-0.4, -0.2) is 43.0 Å². The Labute approximate surface area is 123 Å². The molecule has 1 aliphatic carbocycles. The molecule has 3 rings (SSSR count). The molecule has 0 unspecified atom stereocenters. The van der Waals surface area contributed by atoms with Crippen LogP contribution >= 0.6 is 0 Å². The second-order valence-corrected chi connectivity index (χ2v) is 6.85. The summed E-state index contributed by atoms with van der Waals surface area (Å²) in [5.74, 6) is 0. The van der Waals surface area contributed by atoms with Gasteiger partial charge in [-0.25, -0.2) is 0 Å². The van der Waals surface area contributed by atoms with Gasteiger partial charge in [0.2, 0.25) is 0 Å². The van der Waals surface area contributed by atoms with E-state index in [4.69, 9.17) is 0 Å². The lowest BCUT2D eigenvalue weighted by Crippen LogP contribution is -2.56. The lowest BCUT2D eigenvalue weighted by molar-refractivity contribution is 0.0259. The minimum absolute atomic E-state index is 0.424. The second-order valence-electron chi connectivity index (χ2n) is 6.85. The highest BCUT2D eigenvalue weighted by molar-refractivity contribution is 5.34. The zero-order valence-electron chi connectivity index (χ0n) is 13.1. The molecule has 0 radical (unpaired) electrons. The van der Waals surface area contributed by atoms with Gasteiger partial charge in [-0.3, -0.25) is 0 Å². The maximum atomic E-state index is 3.42. The van der Waals surface area contributed by atoms with Crippen molar-refractivity contribution in [3.63, 3.8) is 0 Å². The number of rotatable bonds is 5. The van der Waals surface area contributed by atoms with Gasteiger partial charge in [0.15, 0.2) is 0 Å². The fourth-order valence-corrected chi connectivity index (χ4v) is 3.65. The Hall–Kier alpha value is -0.900. The Bertz CT molecular complexity index is 477. The van der Waals surface area contributed by atoms with Gasteiger partial charge in [0.1, 0.15) is 0 Å². The molecule has 2 aliphatic rings. The predicted molar refractivity (Wildman–Crippen MR) is 83.6 cm³/mol. The van der Waals surface area contributed by atoms with Crippen LogP contribution in [0.15, 0.2) is 18.2 Å². The molecule has 0 amide bonds. The normalized spacial score (nSPS) is 20.2. The quantitative estimate of drug-likeness (QED) is 0.887. The lowest BCUT2D eigenvalue weighted by atomic mass is 9.75. The van der Waals surface area contributed by atoms with Crippen LogP contribution in [0.4, 0.5) is 0 Å². The van der Waals surface area contributed by atoms with Crippen molar-refractivity contribution in [3.8, 4) is 0 Å². The average Bonchev–Trinajstić information content (AvgIpc) is 2.80. The molecule has 3 nitrogen and oxygen atoms in total. The fourth-order valence-electron chi connectivity index (χ4n) is 3.65. The number of hydrogen-bond donors (Lipinski definition) is 1. The molecule has 3 heteroatoms. The molecule has 1 heterocycles. The monoisotopic (exact) mass is 273 g/mol. The van der Waals surface area contributed by atoms with E-state index >= 15 is 0 Å². The van der Waals surface area contributed by atoms with E-state index in [9.17, 15) is 0 Å². The molecule has 0 spiro atoms. The third-order valence-electron chi connectivity index (χ3n) is 5.15. The number of benzene rings is 1. The van der Waals surface area contributed by atoms with E-state index in [-0.39, 0.29) is 0 Å². The maximum Gasteiger partial charge on any atom is 0.0330 e. The largest absolute Gasteiger partial charge is 0.309 e. The third kappa shape index (κ3) is 2.62. The van der Waals surface area contributed by atoms with Crippen LogP contribution in [0.5, 0.6) is 0 Å². The minimum Gasteiger partial charge on any atom is -0.309 e. The van der Waals surface area contributed by atoms with Crippen molar-refractivity contribution >= 4 is 0 Å². The average molecular weight is 273 g/mol. The Morgan fingerprint density at radius 2 is 1.85 bits per heavy atom. The lowest BCUT2D eigenvalue weighted by Gasteiger charge is -2.49. The molecule has 0 saturated heterocycles. The molecule has 110 valence electrons. The fraction of sp³-hybridized carbons (Fsp3) is 0.647. The molecule has 20 heavy (non-hydrogen) atoms. The number of hydrogen-bond acceptors (Lipinski definition) is 3. The van der Waals surface area contributed by atoms with E-state index in [0.29, 0.717) is 5.54 Å². The van der Waals surface area contributed by atoms with Crippen molar-refractivity contribution in [2.75, 3.05) is 27.7 Å². The van der Waals surface area contributed by atoms with Crippen LogP contribution in [-0.2, 0) is 19.6 Å². The van der Waals surface area contributed by atoms with Crippen LogP contribution in [0.2, 0.25) is 0 Å². The highest BCUT2D eigenvalue weighted by Gasteiger charge is 2.39. The van der Waals surface area contributed by atoms with Gasteiger partial charge in [0, 0.05) is 31.7 Å². The smallest absolute Gasteiger partial charge is 0.0330 e. The molecular formula is C17H27N3. The SMILES string of the molecule is CN(Cc1ccc2c(c1)CNC2)CC1(N(C)C)CCC1. The van der Waals surface area contributed by atoms with Gasteiger partial charge in [-0.05, 0) is 57.1 Å². The van der Waals surface area contributed by atoms with Crippen molar-refractivity contribution in [3.05, 3.63) is 34.9 Å². The summed E-state index contributed by atoms with van der Waals surface area (Å²) in [6.45, 7) is 4.31. The highest BCUT2D eigenvalue weighted by Crippen LogP contribution is 2.36. The number of nitrogens with zero attached hydrogens (tertiary/aromatic N) is 2. The molecular weight excluding hydrogens is 246 g/mol. The van der Waals surface area contributed by atoms with Gasteiger partial charge in [0.05, 0.1) is 0 Å². The summed E-state index contributed by atoms with van der Waals surface area (Å²) in [4.78, 5) is 4.92. The van der Waals surface area contributed by atoms with Gasteiger partial charge >= 0.3 is 0 Å². The van der Waals surface area contributed by atoms with Crippen molar-refractivity contribution in [1.82, 2.24) is 15.1 Å². The molecule has 0 atom stereocenters. The van der Waals surface area contributed by atoms with E-state index in [1.807, 2.05) is 0 Å². The summed E-state index contributed by atoms with van der Waals surface area (Å²) in [6.07, 6.45) is 4.08. The first kappa shape index (κ1) is 14.1. The molecule has 1 aliphatic heterocycles. The third-order valence-corrected chi connectivity index (χ3v) is 5.15. The summed E-state index contributed by atoms with van der Waals surface area (Å²) in [7, 11) is 6.72. The number of likely N-dealkylation sites (N-methyl/N-ethyl adjacent to an activating group) is 2. The second kappa shape index (κ2) is 5.47. The standard InChI is InChI=1S/C17H27N3/c1-19(2)17(7-4-8-17)13-20(3)12-14-5-6-15-10-18-11-16(15)9-14/h5-6,9,18H,4,7-8,10-13H2,1-3H3. The molecule has 1 N–H and O–H groups in total. The minimum atomic E-state index is 0.424. The van der Waals surface area contributed by atoms with Crippen LogP contribution in [0.3, 0.4) is 0 Å². The summed E-state index contributed by atoms with van der Waals surface area (Å²) in [6, 6.07) is 6.98. The first-order valence-corrected chi connectivity index (χ1v) is 7.76. The van der Waals surface area contributed by atoms with Crippen molar-refractivity contribution in [2.24, 2.45) is 0 Å². The van der Waals surface area contributed by atoms with E-state index in [1.165, 1.54) is 42.5 Å². The van der Waals surface area contributed by atoms with Gasteiger partial charge < -0.3 is 15.1 Å². The van der Waals surface area contributed by atoms with Gasteiger partial charge in [0.25, 0.3) is 0 Å². The molecule has 1 fully saturated rings. The van der Waals surface area contributed by atoms with Crippen molar-refractivity contribution in [2.45, 2.75) is 44.4 Å². The molecule has 1 saturated carbocycles. The summed E-state index contributed by atoms with van der Waals surface area (Å²) in [5, 5.41) is 3.42. The van der Waals surface area contributed by atoms with E-state index in [1.54, 1.807) is 0 Å². The van der Waals surface area contributed by atoms with Crippen LogP contribution < -0.4 is 5.32 Å². The van der Waals surface area contributed by atoms with E-state index in [0.717, 1.165) is 19.6 Å². The van der Waals surface area contributed by atoms with Gasteiger partial charge in [-0.1, -0.05) is 18.2 Å². The first-order chi connectivity index (χ1) is 9.59. The molecule has 0 aromatic heterocycles. The Kier molecular flexibility index (Phi) is 3.85. The van der Waals surface area contributed by atoms with Gasteiger partial charge in [-0.15, -0.1) is 0 Å². The number of fused-ring (bicyclic) bond motifs is 1. The van der Waals surface area contributed by atoms with Crippen LogP contribution in [0.25, 0.3) is 0 Å². The molecule has 1 aromatic rings. The Morgan fingerprint density at radius 1 is 1.10 bits per heavy atom. The predicted octanol–water partition coefficient (Wildman–Crippen LogP) is 2.21. The Balaban J connectivity index is 1.63. The summed E-state index contributed by atoms with van der Waals surface area (Å²) in [5.41, 5.74) is 4.83. The van der Waals surface area contributed by atoms with Crippen LogP contribution in [0.1, 0.15) is 36.0 Å². The zero-order chi connectivity index (χ0) is 14.2. The van der Waals surface area contributed by atoms with E-state index < -0.39 is 0 Å². The van der Waals surface area contributed by atoms with E-state index in [2.05, 4.69) is 54.5 Å². The zero-order valence-corrected chi connectivity index (χ0v) is 13.1.